The van der Waals surface area contributed by atoms with Gasteiger partial charge >= 0.3 is 0 Å². The Labute approximate surface area is 82.7 Å². The zero-order valence-electron chi connectivity index (χ0n) is 7.99. The standard InChI is InChI=1S/C10H14FN3/c11-10-6-9(3-4-13-10)14-5-1-2-8(12)7-14/h3-4,6,8H,1-2,5,7,12H2/t8-/m1/s1. The molecule has 1 fully saturated rings. The summed E-state index contributed by atoms with van der Waals surface area (Å²) in [5, 5.41) is 0. The summed E-state index contributed by atoms with van der Waals surface area (Å²) < 4.78 is 12.9. The van der Waals surface area contributed by atoms with Crippen LogP contribution in [-0.4, -0.2) is 24.1 Å². The van der Waals surface area contributed by atoms with E-state index in [-0.39, 0.29) is 6.04 Å². The highest BCUT2D eigenvalue weighted by Gasteiger charge is 2.17. The van der Waals surface area contributed by atoms with Gasteiger partial charge < -0.3 is 10.6 Å². The Hall–Kier alpha value is -1.16. The van der Waals surface area contributed by atoms with Gasteiger partial charge in [0.05, 0.1) is 0 Å². The first kappa shape index (κ1) is 9.40. The van der Waals surface area contributed by atoms with Gasteiger partial charge in [0.25, 0.3) is 0 Å². The summed E-state index contributed by atoms with van der Waals surface area (Å²) in [5.74, 6) is -0.429. The van der Waals surface area contributed by atoms with E-state index >= 15 is 0 Å². The normalized spacial score (nSPS) is 22.4. The summed E-state index contributed by atoms with van der Waals surface area (Å²) in [6.07, 6.45) is 3.62. The predicted molar refractivity (Wildman–Crippen MR) is 53.6 cm³/mol. The Balaban J connectivity index is 2.14. The van der Waals surface area contributed by atoms with Gasteiger partial charge in [0.2, 0.25) is 5.95 Å². The zero-order valence-corrected chi connectivity index (χ0v) is 7.99. The lowest BCUT2D eigenvalue weighted by atomic mass is 10.1. The molecule has 0 spiro atoms. The van der Waals surface area contributed by atoms with Crippen LogP contribution in [0.2, 0.25) is 0 Å². The van der Waals surface area contributed by atoms with Gasteiger partial charge in [0.1, 0.15) is 0 Å². The third-order valence-corrected chi connectivity index (χ3v) is 2.53. The monoisotopic (exact) mass is 195 g/mol. The van der Waals surface area contributed by atoms with Crippen molar-refractivity contribution >= 4 is 5.69 Å². The number of anilines is 1. The summed E-state index contributed by atoms with van der Waals surface area (Å²) in [4.78, 5) is 5.64. The minimum absolute atomic E-state index is 0.208. The Kier molecular flexibility index (Phi) is 2.63. The van der Waals surface area contributed by atoms with Gasteiger partial charge in [-0.1, -0.05) is 0 Å². The lowest BCUT2D eigenvalue weighted by Gasteiger charge is -2.32. The Morgan fingerprint density at radius 3 is 3.14 bits per heavy atom. The Morgan fingerprint density at radius 2 is 2.43 bits per heavy atom. The highest BCUT2D eigenvalue weighted by molar-refractivity contribution is 5.45. The van der Waals surface area contributed by atoms with Crippen LogP contribution < -0.4 is 10.6 Å². The molecule has 0 aliphatic carbocycles. The van der Waals surface area contributed by atoms with E-state index in [4.69, 9.17) is 5.73 Å². The molecule has 4 heteroatoms. The molecule has 1 saturated heterocycles. The molecular formula is C10H14FN3. The summed E-state index contributed by atoms with van der Waals surface area (Å²) >= 11 is 0. The average Bonchev–Trinajstić information content (AvgIpc) is 2.18. The third-order valence-electron chi connectivity index (χ3n) is 2.53. The second-order valence-corrected chi connectivity index (χ2v) is 3.69. The summed E-state index contributed by atoms with van der Waals surface area (Å²) in [5.41, 5.74) is 6.73. The van der Waals surface area contributed by atoms with E-state index < -0.39 is 5.95 Å². The van der Waals surface area contributed by atoms with Crippen molar-refractivity contribution in [2.45, 2.75) is 18.9 Å². The maximum absolute atomic E-state index is 12.9. The number of pyridine rings is 1. The van der Waals surface area contributed by atoms with Gasteiger partial charge in [0.15, 0.2) is 0 Å². The fourth-order valence-corrected chi connectivity index (χ4v) is 1.83. The molecule has 0 bridgehead atoms. The van der Waals surface area contributed by atoms with Crippen molar-refractivity contribution in [3.63, 3.8) is 0 Å². The van der Waals surface area contributed by atoms with Gasteiger partial charge in [-0.15, -0.1) is 0 Å². The van der Waals surface area contributed by atoms with Crippen LogP contribution in [0.25, 0.3) is 0 Å². The number of nitrogens with zero attached hydrogens (tertiary/aromatic N) is 2. The Morgan fingerprint density at radius 1 is 1.57 bits per heavy atom. The van der Waals surface area contributed by atoms with E-state index in [1.54, 1.807) is 0 Å². The molecule has 14 heavy (non-hydrogen) atoms. The summed E-state index contributed by atoms with van der Waals surface area (Å²) in [7, 11) is 0. The van der Waals surface area contributed by atoms with Gasteiger partial charge in [0, 0.05) is 37.1 Å². The van der Waals surface area contributed by atoms with Crippen LogP contribution in [0.4, 0.5) is 10.1 Å². The molecule has 2 heterocycles. The quantitative estimate of drug-likeness (QED) is 0.683. The number of hydrogen-bond acceptors (Lipinski definition) is 3. The van der Waals surface area contributed by atoms with Gasteiger partial charge in [-0.05, 0) is 18.9 Å². The van der Waals surface area contributed by atoms with Crippen LogP contribution in [0.3, 0.4) is 0 Å². The SMILES string of the molecule is N[C@@H]1CCCN(c2ccnc(F)c2)C1. The van der Waals surface area contributed by atoms with Crippen LogP contribution >= 0.6 is 0 Å². The molecule has 2 rings (SSSR count). The van der Waals surface area contributed by atoms with E-state index in [1.165, 1.54) is 12.3 Å². The minimum atomic E-state index is -0.429. The molecule has 0 aromatic carbocycles. The zero-order chi connectivity index (χ0) is 9.97. The highest BCUT2D eigenvalue weighted by Crippen LogP contribution is 2.18. The Bertz CT molecular complexity index is 316. The smallest absolute Gasteiger partial charge is 0.214 e. The van der Waals surface area contributed by atoms with Crippen molar-refractivity contribution < 1.29 is 4.39 Å². The fourth-order valence-electron chi connectivity index (χ4n) is 1.83. The second-order valence-electron chi connectivity index (χ2n) is 3.69. The molecule has 0 amide bonds. The van der Waals surface area contributed by atoms with Gasteiger partial charge in [-0.3, -0.25) is 0 Å². The number of hydrogen-bond donors (Lipinski definition) is 1. The van der Waals surface area contributed by atoms with Crippen molar-refractivity contribution in [1.82, 2.24) is 4.98 Å². The maximum Gasteiger partial charge on any atom is 0.214 e. The van der Waals surface area contributed by atoms with Crippen LogP contribution in [0, 0.1) is 5.95 Å². The summed E-state index contributed by atoms with van der Waals surface area (Å²) in [6, 6.07) is 3.49. The van der Waals surface area contributed by atoms with Crippen molar-refractivity contribution in [1.29, 1.82) is 0 Å². The van der Waals surface area contributed by atoms with E-state index in [2.05, 4.69) is 9.88 Å². The number of halogens is 1. The van der Waals surface area contributed by atoms with Crippen LogP contribution in [-0.2, 0) is 0 Å². The lowest BCUT2D eigenvalue weighted by Crippen LogP contribution is -2.42. The third kappa shape index (κ3) is 2.01. The van der Waals surface area contributed by atoms with E-state index in [0.29, 0.717) is 0 Å². The van der Waals surface area contributed by atoms with Crippen LogP contribution in [0.1, 0.15) is 12.8 Å². The molecule has 0 unspecified atom stereocenters. The molecule has 1 aliphatic rings. The largest absolute Gasteiger partial charge is 0.370 e. The molecule has 0 radical (unpaired) electrons. The molecule has 1 aliphatic heterocycles. The molecule has 1 atom stereocenters. The van der Waals surface area contributed by atoms with E-state index in [0.717, 1.165) is 31.6 Å². The minimum Gasteiger partial charge on any atom is -0.370 e. The van der Waals surface area contributed by atoms with Crippen molar-refractivity contribution in [2.75, 3.05) is 18.0 Å². The molecule has 0 saturated carbocycles. The highest BCUT2D eigenvalue weighted by atomic mass is 19.1. The average molecular weight is 195 g/mol. The first-order chi connectivity index (χ1) is 6.75. The van der Waals surface area contributed by atoms with Crippen molar-refractivity contribution in [3.05, 3.63) is 24.3 Å². The second kappa shape index (κ2) is 3.92. The van der Waals surface area contributed by atoms with Crippen molar-refractivity contribution in [3.8, 4) is 0 Å². The number of nitrogens with two attached hydrogens (primary N) is 1. The summed E-state index contributed by atoms with van der Waals surface area (Å²) in [6.45, 7) is 1.76. The molecule has 3 nitrogen and oxygen atoms in total. The van der Waals surface area contributed by atoms with Gasteiger partial charge in [-0.2, -0.15) is 4.39 Å². The van der Waals surface area contributed by atoms with Crippen LogP contribution in [0.15, 0.2) is 18.3 Å². The lowest BCUT2D eigenvalue weighted by molar-refractivity contribution is 0.504. The molecule has 1 aromatic rings. The first-order valence-electron chi connectivity index (χ1n) is 4.88. The maximum atomic E-state index is 12.9. The molecule has 1 aromatic heterocycles. The number of piperidine rings is 1. The molecule has 76 valence electrons. The molecular weight excluding hydrogens is 181 g/mol. The molecule has 2 N–H and O–H groups in total. The first-order valence-corrected chi connectivity index (χ1v) is 4.88. The topological polar surface area (TPSA) is 42.1 Å². The number of aromatic nitrogens is 1. The number of rotatable bonds is 1. The van der Waals surface area contributed by atoms with Crippen molar-refractivity contribution in [2.24, 2.45) is 5.73 Å². The van der Waals surface area contributed by atoms with E-state index in [1.807, 2.05) is 6.07 Å². The van der Waals surface area contributed by atoms with Crippen LogP contribution in [0.5, 0.6) is 0 Å². The van der Waals surface area contributed by atoms with Gasteiger partial charge in [-0.25, -0.2) is 4.98 Å². The van der Waals surface area contributed by atoms with E-state index in [9.17, 15) is 4.39 Å². The fraction of sp³-hybridized carbons (Fsp3) is 0.500. The predicted octanol–water partition coefficient (Wildman–Crippen LogP) is 1.15.